The van der Waals surface area contributed by atoms with E-state index in [2.05, 4.69) is 5.92 Å². The molecule has 1 heterocycles. The first-order valence-electron chi connectivity index (χ1n) is 5.97. The van der Waals surface area contributed by atoms with Crippen LogP contribution in [0.15, 0.2) is 30.3 Å². The van der Waals surface area contributed by atoms with Gasteiger partial charge >= 0.3 is 0 Å². The summed E-state index contributed by atoms with van der Waals surface area (Å²) in [6.07, 6.45) is 5.51. The Morgan fingerprint density at radius 1 is 1.20 bits per heavy atom. The average molecular weight is 270 g/mol. The number of benzene rings is 2. The topological polar surface area (TPSA) is 27.7 Å². The van der Waals surface area contributed by atoms with Crippen molar-refractivity contribution < 1.29 is 18.6 Å². The lowest BCUT2D eigenvalue weighted by atomic mass is 9.99. The van der Waals surface area contributed by atoms with Crippen LogP contribution >= 0.6 is 0 Å². The van der Waals surface area contributed by atoms with E-state index >= 15 is 0 Å². The quantitative estimate of drug-likeness (QED) is 0.784. The number of methoxy groups -OCH3 is 1. The minimum Gasteiger partial charge on any atom is -0.494 e. The SMILES string of the molecule is C#Cc1cc2c(cc1-c1ccc(OC)c(F)c1)OCO2. The second-order valence-electron chi connectivity index (χ2n) is 4.24. The Morgan fingerprint density at radius 2 is 1.95 bits per heavy atom. The molecular weight excluding hydrogens is 259 g/mol. The highest BCUT2D eigenvalue weighted by molar-refractivity contribution is 5.75. The van der Waals surface area contributed by atoms with Gasteiger partial charge in [0.15, 0.2) is 23.1 Å². The van der Waals surface area contributed by atoms with E-state index in [9.17, 15) is 4.39 Å². The maximum atomic E-state index is 13.8. The molecule has 0 spiro atoms. The lowest BCUT2D eigenvalue weighted by Gasteiger charge is -2.09. The Labute approximate surface area is 115 Å². The molecule has 0 saturated carbocycles. The molecule has 1 aliphatic rings. The lowest BCUT2D eigenvalue weighted by Crippen LogP contribution is -1.92. The van der Waals surface area contributed by atoms with Gasteiger partial charge in [-0.15, -0.1) is 6.42 Å². The van der Waals surface area contributed by atoms with E-state index in [4.69, 9.17) is 20.6 Å². The molecule has 0 aromatic heterocycles. The van der Waals surface area contributed by atoms with Crippen LogP contribution in [0.2, 0.25) is 0 Å². The van der Waals surface area contributed by atoms with Gasteiger partial charge in [-0.3, -0.25) is 0 Å². The normalized spacial score (nSPS) is 12.1. The van der Waals surface area contributed by atoms with Crippen molar-refractivity contribution in [3.8, 4) is 40.7 Å². The molecule has 4 heteroatoms. The summed E-state index contributed by atoms with van der Waals surface area (Å²) in [5.74, 6) is 3.55. The maximum Gasteiger partial charge on any atom is 0.231 e. The average Bonchev–Trinajstić information content (AvgIpc) is 2.92. The molecule has 3 nitrogen and oxygen atoms in total. The number of halogens is 1. The van der Waals surface area contributed by atoms with Crippen LogP contribution in [0.25, 0.3) is 11.1 Å². The Bertz CT molecular complexity index is 716. The minimum atomic E-state index is -0.439. The first-order chi connectivity index (χ1) is 9.72. The molecule has 0 saturated heterocycles. The third-order valence-corrected chi connectivity index (χ3v) is 3.13. The Hall–Kier alpha value is -2.67. The fourth-order valence-electron chi connectivity index (χ4n) is 2.13. The van der Waals surface area contributed by atoms with E-state index in [1.54, 1.807) is 24.3 Å². The third kappa shape index (κ3) is 1.94. The lowest BCUT2D eigenvalue weighted by molar-refractivity contribution is 0.174. The zero-order chi connectivity index (χ0) is 14.1. The number of hydrogen-bond donors (Lipinski definition) is 0. The van der Waals surface area contributed by atoms with Crippen molar-refractivity contribution in [1.29, 1.82) is 0 Å². The van der Waals surface area contributed by atoms with Gasteiger partial charge in [0.05, 0.1) is 7.11 Å². The largest absolute Gasteiger partial charge is 0.494 e. The number of rotatable bonds is 2. The van der Waals surface area contributed by atoms with Gasteiger partial charge in [0.1, 0.15) is 0 Å². The van der Waals surface area contributed by atoms with Crippen molar-refractivity contribution in [1.82, 2.24) is 0 Å². The van der Waals surface area contributed by atoms with Gasteiger partial charge in [-0.2, -0.15) is 0 Å². The van der Waals surface area contributed by atoms with Gasteiger partial charge < -0.3 is 14.2 Å². The van der Waals surface area contributed by atoms with E-state index in [-0.39, 0.29) is 12.5 Å². The summed E-state index contributed by atoms with van der Waals surface area (Å²) in [6, 6.07) is 8.19. The van der Waals surface area contributed by atoms with Crippen molar-refractivity contribution >= 4 is 0 Å². The predicted molar refractivity (Wildman–Crippen MR) is 72.4 cm³/mol. The molecule has 0 fully saturated rings. The predicted octanol–water partition coefficient (Wildman–Crippen LogP) is 3.21. The van der Waals surface area contributed by atoms with Crippen LogP contribution in [0.1, 0.15) is 5.56 Å². The Balaban J connectivity index is 2.14. The molecule has 0 aliphatic carbocycles. The van der Waals surface area contributed by atoms with Crippen LogP contribution in [0.5, 0.6) is 17.2 Å². The van der Waals surface area contributed by atoms with Crippen LogP contribution in [-0.2, 0) is 0 Å². The molecule has 2 aromatic carbocycles. The first kappa shape index (κ1) is 12.4. The van der Waals surface area contributed by atoms with Crippen LogP contribution in [-0.4, -0.2) is 13.9 Å². The molecule has 100 valence electrons. The van der Waals surface area contributed by atoms with Crippen LogP contribution in [0.3, 0.4) is 0 Å². The summed E-state index contributed by atoms with van der Waals surface area (Å²) in [5.41, 5.74) is 2.01. The molecule has 20 heavy (non-hydrogen) atoms. The molecule has 0 N–H and O–H groups in total. The highest BCUT2D eigenvalue weighted by Crippen LogP contribution is 2.39. The van der Waals surface area contributed by atoms with Gasteiger partial charge in [-0.1, -0.05) is 12.0 Å². The molecular formula is C16H11FO3. The summed E-state index contributed by atoms with van der Waals surface area (Å²) >= 11 is 0. The maximum absolute atomic E-state index is 13.8. The van der Waals surface area contributed by atoms with Gasteiger partial charge in [0, 0.05) is 17.2 Å². The van der Waals surface area contributed by atoms with Gasteiger partial charge in [0.25, 0.3) is 0 Å². The zero-order valence-corrected chi connectivity index (χ0v) is 10.8. The minimum absolute atomic E-state index is 0.166. The van der Waals surface area contributed by atoms with E-state index in [1.165, 1.54) is 13.2 Å². The molecule has 2 aromatic rings. The Kier molecular flexibility index (Phi) is 2.96. The van der Waals surface area contributed by atoms with Gasteiger partial charge in [-0.05, 0) is 23.8 Å². The summed E-state index contributed by atoms with van der Waals surface area (Å²) in [4.78, 5) is 0. The fourth-order valence-corrected chi connectivity index (χ4v) is 2.13. The second-order valence-corrected chi connectivity index (χ2v) is 4.24. The third-order valence-electron chi connectivity index (χ3n) is 3.13. The van der Waals surface area contributed by atoms with Gasteiger partial charge in [0.2, 0.25) is 6.79 Å². The van der Waals surface area contributed by atoms with Crippen LogP contribution in [0, 0.1) is 18.2 Å². The monoisotopic (exact) mass is 270 g/mol. The van der Waals surface area contributed by atoms with Crippen molar-refractivity contribution in [2.24, 2.45) is 0 Å². The number of hydrogen-bond acceptors (Lipinski definition) is 3. The highest BCUT2D eigenvalue weighted by atomic mass is 19.1. The fraction of sp³-hybridized carbons (Fsp3) is 0.125. The smallest absolute Gasteiger partial charge is 0.231 e. The van der Waals surface area contributed by atoms with Crippen molar-refractivity contribution in [3.63, 3.8) is 0 Å². The molecule has 0 unspecified atom stereocenters. The van der Waals surface area contributed by atoms with Crippen LogP contribution < -0.4 is 14.2 Å². The number of ether oxygens (including phenoxy) is 3. The van der Waals surface area contributed by atoms with E-state index in [1.807, 2.05) is 0 Å². The summed E-state index contributed by atoms with van der Waals surface area (Å²) in [5, 5.41) is 0. The number of fused-ring (bicyclic) bond motifs is 1. The van der Waals surface area contributed by atoms with E-state index in [0.717, 1.165) is 5.56 Å². The van der Waals surface area contributed by atoms with Crippen molar-refractivity contribution in [2.45, 2.75) is 0 Å². The number of terminal acetylenes is 1. The van der Waals surface area contributed by atoms with Gasteiger partial charge in [-0.25, -0.2) is 4.39 Å². The van der Waals surface area contributed by atoms with Crippen molar-refractivity contribution in [2.75, 3.05) is 13.9 Å². The molecule has 0 radical (unpaired) electrons. The Morgan fingerprint density at radius 3 is 2.60 bits per heavy atom. The molecule has 0 atom stereocenters. The summed E-state index contributed by atoms with van der Waals surface area (Å²) in [6.45, 7) is 0.166. The van der Waals surface area contributed by atoms with E-state index in [0.29, 0.717) is 22.6 Å². The zero-order valence-electron chi connectivity index (χ0n) is 10.8. The summed E-state index contributed by atoms with van der Waals surface area (Å²) in [7, 11) is 1.42. The molecule has 3 rings (SSSR count). The first-order valence-corrected chi connectivity index (χ1v) is 5.97. The molecule has 0 bridgehead atoms. The molecule has 0 amide bonds. The van der Waals surface area contributed by atoms with Crippen LogP contribution in [0.4, 0.5) is 4.39 Å². The van der Waals surface area contributed by atoms with E-state index < -0.39 is 5.82 Å². The second kappa shape index (κ2) is 4.78. The summed E-state index contributed by atoms with van der Waals surface area (Å²) < 4.78 is 29.3. The molecule has 1 aliphatic heterocycles. The highest BCUT2D eigenvalue weighted by Gasteiger charge is 2.18. The van der Waals surface area contributed by atoms with Crippen molar-refractivity contribution in [3.05, 3.63) is 41.7 Å². The standard InChI is InChI=1S/C16H11FO3/c1-3-10-7-15-16(20-9-19-15)8-12(10)11-4-5-14(18-2)13(17)6-11/h1,4-8H,9H2,2H3.